The summed E-state index contributed by atoms with van der Waals surface area (Å²) in [5.74, 6) is -40.0. The molecule has 0 amide bonds. The van der Waals surface area contributed by atoms with E-state index >= 15 is 0 Å². The summed E-state index contributed by atoms with van der Waals surface area (Å²) in [5, 5.41) is 0. The summed E-state index contributed by atoms with van der Waals surface area (Å²) in [6.45, 7) is -2.87. The smallest absolute Gasteiger partial charge is 0.231 e. The van der Waals surface area contributed by atoms with Gasteiger partial charge >= 0.3 is 29.6 Å². The van der Waals surface area contributed by atoms with Gasteiger partial charge in [0, 0.05) is 13.3 Å². The molecule has 0 saturated carbocycles. The molecule has 2 unspecified atom stereocenters. The van der Waals surface area contributed by atoms with E-state index in [1.54, 1.807) is 0 Å². The van der Waals surface area contributed by atoms with E-state index in [-0.39, 0.29) is 4.43 Å². The van der Waals surface area contributed by atoms with Gasteiger partial charge in [-0.15, -0.1) is 0 Å². The maximum absolute atomic E-state index is 14.2. The van der Waals surface area contributed by atoms with Gasteiger partial charge in [0.05, 0.1) is 0 Å². The molecule has 0 aromatic rings. The molecule has 0 saturated heterocycles. The lowest BCUT2D eigenvalue weighted by Crippen LogP contribution is -2.75. The fraction of sp³-hybridized carbons (Fsp3) is 1.00. The number of alkyl halides is 15. The second kappa shape index (κ2) is 7.71. The van der Waals surface area contributed by atoms with Crippen molar-refractivity contribution in [2.45, 2.75) is 80.5 Å². The van der Waals surface area contributed by atoms with Gasteiger partial charge in [0.25, 0.3) is 5.92 Å². The van der Waals surface area contributed by atoms with Crippen LogP contribution in [-0.4, -0.2) is 51.3 Å². The van der Waals surface area contributed by atoms with Crippen molar-refractivity contribution in [3.8, 4) is 0 Å². The van der Waals surface area contributed by atoms with Crippen LogP contribution in [0.1, 0.15) is 33.6 Å². The van der Waals surface area contributed by atoms with Crippen molar-refractivity contribution < 1.29 is 61.5 Å². The minimum atomic E-state index is -7.57. The Morgan fingerprint density at radius 1 is 0.517 bits per heavy atom. The quantitative estimate of drug-likeness (QED) is 0.144. The van der Waals surface area contributed by atoms with E-state index in [1.165, 1.54) is 22.6 Å². The molecule has 0 spiro atoms. The molecule has 0 N–H and O–H groups in total. The van der Waals surface area contributed by atoms with Crippen molar-refractivity contribution in [1.82, 2.24) is 0 Å². The predicted octanol–water partition coefficient (Wildman–Crippen LogP) is 7.49. The lowest BCUT2D eigenvalue weighted by atomic mass is 9.78. The lowest BCUT2D eigenvalue weighted by Gasteiger charge is -2.46. The van der Waals surface area contributed by atoms with Gasteiger partial charge in [-0.25, -0.2) is 17.6 Å². The molecule has 0 rings (SSSR count). The normalized spacial score (nSPS) is 19.7. The fourth-order valence-corrected chi connectivity index (χ4v) is 2.43. The molecule has 176 valence electrons. The zero-order valence-corrected chi connectivity index (χ0v) is 16.9. The maximum atomic E-state index is 14.2. The van der Waals surface area contributed by atoms with Crippen LogP contribution in [0.15, 0.2) is 0 Å². The minimum absolute atomic E-state index is 0.275. The molecule has 0 aliphatic rings. The van der Waals surface area contributed by atoms with E-state index in [0.717, 1.165) is 0 Å². The highest BCUT2D eigenvalue weighted by atomic mass is 127. The third kappa shape index (κ3) is 4.01. The van der Waals surface area contributed by atoms with E-state index < -0.39 is 80.5 Å². The van der Waals surface area contributed by atoms with Gasteiger partial charge in [-0.05, 0) is 24.7 Å². The number of hydrogen-bond donors (Lipinski definition) is 0. The Kier molecular flexibility index (Phi) is 7.64. The first-order valence-electron chi connectivity index (χ1n) is 7.52. The second-order valence-corrected chi connectivity index (χ2v) is 7.77. The van der Waals surface area contributed by atoms with Crippen LogP contribution in [0, 0.1) is 0 Å². The Hall–Kier alpha value is -0.250. The Morgan fingerprint density at radius 3 is 1.17 bits per heavy atom. The van der Waals surface area contributed by atoms with Gasteiger partial charge in [-0.3, -0.25) is 0 Å². The van der Waals surface area contributed by atoms with Gasteiger partial charge in [0.1, 0.15) is 0 Å². The molecule has 0 bridgehead atoms. The maximum Gasteiger partial charge on any atom is 0.379 e. The van der Waals surface area contributed by atoms with Crippen LogP contribution in [0.25, 0.3) is 0 Å². The summed E-state index contributed by atoms with van der Waals surface area (Å²) in [4.78, 5) is 0. The van der Waals surface area contributed by atoms with Crippen LogP contribution in [0.4, 0.5) is 61.5 Å². The van der Waals surface area contributed by atoms with Crippen molar-refractivity contribution in [1.29, 1.82) is 0 Å². The Bertz CT molecular complexity index is 575. The third-order valence-corrected chi connectivity index (χ3v) is 5.23. The lowest BCUT2D eigenvalue weighted by molar-refractivity contribution is -0.412. The average Bonchev–Trinajstić information content (AvgIpc) is 2.50. The van der Waals surface area contributed by atoms with Crippen LogP contribution in [0.5, 0.6) is 0 Å². The van der Waals surface area contributed by atoms with Crippen molar-refractivity contribution in [2.75, 3.05) is 4.43 Å². The molecule has 0 heterocycles. The van der Waals surface area contributed by atoms with Crippen molar-refractivity contribution in [3.63, 3.8) is 0 Å². The molecular formula is C14H15F14I. The van der Waals surface area contributed by atoms with Crippen LogP contribution in [0.2, 0.25) is 0 Å². The van der Waals surface area contributed by atoms with Gasteiger partial charge in [0.2, 0.25) is 11.3 Å². The van der Waals surface area contributed by atoms with Crippen LogP contribution in [-0.2, 0) is 0 Å². The van der Waals surface area contributed by atoms with Crippen molar-refractivity contribution in [2.24, 2.45) is 0 Å². The van der Waals surface area contributed by atoms with Crippen LogP contribution in [0.3, 0.4) is 0 Å². The van der Waals surface area contributed by atoms with Crippen LogP contribution < -0.4 is 0 Å². The molecule has 29 heavy (non-hydrogen) atoms. The van der Waals surface area contributed by atoms with Gasteiger partial charge in [0.15, 0.2) is 0 Å². The molecule has 0 aromatic heterocycles. The largest absolute Gasteiger partial charge is 0.379 e. The Labute approximate surface area is 169 Å². The standard InChI is InChI=1S/C14H15F14I/c1-7(15,9(3,17)18)12(23,24)14(27,28)13(25,26)8(2,16)11(21,22)10(19,20)5-4-6-29/h4-6H2,1-3H3. The van der Waals surface area contributed by atoms with Gasteiger partial charge in [-0.1, -0.05) is 22.6 Å². The molecule has 15 heteroatoms. The SMILES string of the molecule is CC(F)(F)C(C)(F)C(F)(F)C(F)(F)C(F)(F)C(C)(F)C(F)(F)C(F)(F)CCCI. The van der Waals surface area contributed by atoms with E-state index in [1.807, 2.05) is 0 Å². The topological polar surface area (TPSA) is 0 Å². The summed E-state index contributed by atoms with van der Waals surface area (Å²) in [5.41, 5.74) is -12.2. The molecule has 0 aliphatic carbocycles. The Balaban J connectivity index is 6.57. The van der Waals surface area contributed by atoms with E-state index in [2.05, 4.69) is 0 Å². The third-order valence-electron chi connectivity index (χ3n) is 4.47. The first-order chi connectivity index (χ1) is 12.3. The minimum Gasteiger partial charge on any atom is -0.231 e. The summed E-state index contributed by atoms with van der Waals surface area (Å²) < 4.78 is 191. The zero-order valence-electron chi connectivity index (χ0n) is 14.8. The van der Waals surface area contributed by atoms with E-state index in [9.17, 15) is 61.5 Å². The molecular weight excluding hydrogens is 561 g/mol. The summed E-state index contributed by atoms with van der Waals surface area (Å²) in [6.07, 6.45) is -2.82. The van der Waals surface area contributed by atoms with Gasteiger partial charge in [-0.2, -0.15) is 43.9 Å². The first-order valence-corrected chi connectivity index (χ1v) is 9.04. The molecule has 0 aliphatic heterocycles. The highest BCUT2D eigenvalue weighted by Crippen LogP contribution is 2.63. The summed E-state index contributed by atoms with van der Waals surface area (Å²) >= 11 is 1.38. The van der Waals surface area contributed by atoms with E-state index in [4.69, 9.17) is 0 Å². The molecule has 2 atom stereocenters. The van der Waals surface area contributed by atoms with Crippen LogP contribution >= 0.6 is 22.6 Å². The fourth-order valence-electron chi connectivity index (χ4n) is 2.05. The summed E-state index contributed by atoms with van der Waals surface area (Å²) in [6, 6.07) is 0. The van der Waals surface area contributed by atoms with Gasteiger partial charge < -0.3 is 0 Å². The van der Waals surface area contributed by atoms with Crippen molar-refractivity contribution in [3.05, 3.63) is 0 Å². The number of halogens is 15. The predicted molar refractivity (Wildman–Crippen MR) is 82.5 cm³/mol. The number of hydrogen-bond acceptors (Lipinski definition) is 0. The molecule has 0 aromatic carbocycles. The molecule has 0 radical (unpaired) electrons. The average molecular weight is 576 g/mol. The number of rotatable bonds is 10. The van der Waals surface area contributed by atoms with E-state index in [0.29, 0.717) is 0 Å². The highest BCUT2D eigenvalue weighted by molar-refractivity contribution is 14.1. The first kappa shape index (κ1) is 28.8. The highest BCUT2D eigenvalue weighted by Gasteiger charge is 2.90. The Morgan fingerprint density at radius 2 is 0.862 bits per heavy atom. The van der Waals surface area contributed by atoms with Crippen molar-refractivity contribution >= 4 is 22.6 Å². The molecule has 0 fully saturated rings. The summed E-state index contributed by atoms with van der Waals surface area (Å²) in [7, 11) is 0. The zero-order chi connectivity index (χ0) is 24.1. The second-order valence-electron chi connectivity index (χ2n) is 6.69. The monoisotopic (exact) mass is 576 g/mol. The molecule has 0 nitrogen and oxygen atoms in total.